The highest BCUT2D eigenvalue weighted by molar-refractivity contribution is 7.89. The van der Waals surface area contributed by atoms with Crippen molar-refractivity contribution in [2.24, 2.45) is 0 Å². The minimum atomic E-state index is -4.57. The van der Waals surface area contributed by atoms with Gasteiger partial charge in [0.25, 0.3) is 5.91 Å². The third-order valence-electron chi connectivity index (χ3n) is 3.93. The van der Waals surface area contributed by atoms with Crippen molar-refractivity contribution in [3.05, 3.63) is 53.6 Å². The number of nitrogens with zero attached hydrogens (tertiary/aromatic N) is 2. The van der Waals surface area contributed by atoms with E-state index < -0.39 is 27.7 Å². The molecule has 0 aliphatic carbocycles. The lowest BCUT2D eigenvalue weighted by atomic mass is 10.1. The lowest BCUT2D eigenvalue weighted by Gasteiger charge is -2.20. The van der Waals surface area contributed by atoms with Crippen LogP contribution in [0.15, 0.2) is 47.4 Å². The van der Waals surface area contributed by atoms with Crippen LogP contribution in [0.3, 0.4) is 0 Å². The molecule has 0 atom stereocenters. The van der Waals surface area contributed by atoms with Gasteiger partial charge in [-0.05, 0) is 36.4 Å². The number of carbonyl (C=O) groups is 1. The Morgan fingerprint density at radius 1 is 1.00 bits per heavy atom. The first-order valence-electron chi connectivity index (χ1n) is 8.06. The number of nitrogens with one attached hydrogen (secondary N) is 1. The molecule has 0 radical (unpaired) electrons. The molecule has 0 bridgehead atoms. The van der Waals surface area contributed by atoms with E-state index in [4.69, 9.17) is 0 Å². The van der Waals surface area contributed by atoms with Crippen molar-refractivity contribution >= 4 is 27.3 Å². The number of amides is 1. The molecule has 10 heteroatoms. The summed E-state index contributed by atoms with van der Waals surface area (Å²) >= 11 is 0. The van der Waals surface area contributed by atoms with E-state index in [2.05, 4.69) is 5.32 Å². The van der Waals surface area contributed by atoms with Crippen LogP contribution in [0.2, 0.25) is 0 Å². The summed E-state index contributed by atoms with van der Waals surface area (Å²) in [6, 6.07) is 8.31. The van der Waals surface area contributed by atoms with Crippen LogP contribution in [-0.4, -0.2) is 46.8 Å². The fraction of sp³-hybridized carbons (Fsp3) is 0.278. The average molecular weight is 415 g/mol. The van der Waals surface area contributed by atoms with E-state index >= 15 is 0 Å². The molecule has 2 aromatic carbocycles. The first kappa shape index (κ1) is 21.7. The summed E-state index contributed by atoms with van der Waals surface area (Å²) in [4.78, 5) is 14.0. The summed E-state index contributed by atoms with van der Waals surface area (Å²) in [5.41, 5.74) is -0.563. The van der Waals surface area contributed by atoms with Gasteiger partial charge in [-0.15, -0.1) is 0 Å². The van der Waals surface area contributed by atoms with Gasteiger partial charge in [-0.25, -0.2) is 12.7 Å². The molecule has 6 nitrogen and oxygen atoms in total. The molecule has 2 rings (SSSR count). The molecular formula is C18H20F3N3O3S. The standard InChI is InChI=1S/C18H20F3N3O3S/c1-23(2)16-9-8-13(18(19,20)21)11-15(16)22-17(25)12-6-5-7-14(10-12)28(26,27)24(3)4/h5-11H,1-4H3,(H,22,25). The van der Waals surface area contributed by atoms with Crippen molar-refractivity contribution in [2.75, 3.05) is 38.4 Å². The van der Waals surface area contributed by atoms with Crippen LogP contribution < -0.4 is 10.2 Å². The van der Waals surface area contributed by atoms with Gasteiger partial charge in [0.1, 0.15) is 0 Å². The van der Waals surface area contributed by atoms with Gasteiger partial charge in [0.15, 0.2) is 0 Å². The van der Waals surface area contributed by atoms with Gasteiger partial charge >= 0.3 is 6.18 Å². The maximum Gasteiger partial charge on any atom is 0.416 e. The van der Waals surface area contributed by atoms with Crippen LogP contribution in [0, 0.1) is 0 Å². The molecule has 1 amide bonds. The van der Waals surface area contributed by atoms with Crippen LogP contribution in [-0.2, 0) is 16.2 Å². The molecule has 0 aliphatic heterocycles. The number of sulfonamides is 1. The maximum absolute atomic E-state index is 13.0. The minimum Gasteiger partial charge on any atom is -0.376 e. The van der Waals surface area contributed by atoms with Gasteiger partial charge in [0.05, 0.1) is 21.8 Å². The zero-order valence-electron chi connectivity index (χ0n) is 15.7. The lowest BCUT2D eigenvalue weighted by Crippen LogP contribution is -2.23. The van der Waals surface area contributed by atoms with Crippen LogP contribution in [0.25, 0.3) is 0 Å². The fourth-order valence-corrected chi connectivity index (χ4v) is 3.35. The number of hydrogen-bond acceptors (Lipinski definition) is 4. The quantitative estimate of drug-likeness (QED) is 0.814. The second-order valence-corrected chi connectivity index (χ2v) is 8.55. The van der Waals surface area contributed by atoms with E-state index in [-0.39, 0.29) is 16.1 Å². The molecular weight excluding hydrogens is 395 g/mol. The van der Waals surface area contributed by atoms with E-state index in [9.17, 15) is 26.4 Å². The highest BCUT2D eigenvalue weighted by Gasteiger charge is 2.31. The molecule has 0 saturated heterocycles. The van der Waals surface area contributed by atoms with Crippen LogP contribution in [0.4, 0.5) is 24.5 Å². The zero-order chi connectivity index (χ0) is 21.3. The van der Waals surface area contributed by atoms with Crippen molar-refractivity contribution in [2.45, 2.75) is 11.1 Å². The Bertz CT molecular complexity index is 987. The Balaban J connectivity index is 2.43. The zero-order valence-corrected chi connectivity index (χ0v) is 16.5. The number of rotatable bonds is 5. The predicted octanol–water partition coefficient (Wildman–Crippen LogP) is 3.27. The monoisotopic (exact) mass is 415 g/mol. The number of alkyl halides is 3. The molecule has 28 heavy (non-hydrogen) atoms. The summed E-state index contributed by atoms with van der Waals surface area (Å²) in [6.45, 7) is 0. The molecule has 0 saturated carbocycles. The van der Waals surface area contributed by atoms with E-state index in [1.54, 1.807) is 19.0 Å². The minimum absolute atomic E-state index is 0.00467. The second kappa shape index (κ2) is 7.80. The normalized spacial score (nSPS) is 12.1. The van der Waals surface area contributed by atoms with Crippen molar-refractivity contribution in [3.8, 4) is 0 Å². The van der Waals surface area contributed by atoms with Gasteiger partial charge in [-0.3, -0.25) is 4.79 Å². The smallest absolute Gasteiger partial charge is 0.376 e. The van der Waals surface area contributed by atoms with Gasteiger partial charge in [0.2, 0.25) is 10.0 Å². The Morgan fingerprint density at radius 2 is 1.64 bits per heavy atom. The lowest BCUT2D eigenvalue weighted by molar-refractivity contribution is -0.137. The maximum atomic E-state index is 13.0. The van der Waals surface area contributed by atoms with E-state index in [0.29, 0.717) is 5.69 Å². The summed E-state index contributed by atoms with van der Waals surface area (Å²) in [5, 5.41) is 2.44. The molecule has 0 fully saturated rings. The van der Waals surface area contributed by atoms with Crippen molar-refractivity contribution in [1.29, 1.82) is 0 Å². The Labute approximate surface area is 161 Å². The van der Waals surface area contributed by atoms with Crippen molar-refractivity contribution in [3.63, 3.8) is 0 Å². The average Bonchev–Trinajstić information content (AvgIpc) is 2.60. The fourth-order valence-electron chi connectivity index (χ4n) is 2.41. The Morgan fingerprint density at radius 3 is 2.18 bits per heavy atom. The molecule has 0 spiro atoms. The molecule has 2 aromatic rings. The molecule has 0 unspecified atom stereocenters. The predicted molar refractivity (Wildman–Crippen MR) is 101 cm³/mol. The highest BCUT2D eigenvalue weighted by Crippen LogP contribution is 2.35. The first-order chi connectivity index (χ1) is 12.8. The summed E-state index contributed by atoms with van der Waals surface area (Å²) < 4.78 is 64.5. The van der Waals surface area contributed by atoms with Gasteiger partial charge in [0, 0.05) is 33.8 Å². The van der Waals surface area contributed by atoms with Gasteiger partial charge < -0.3 is 10.2 Å². The summed E-state index contributed by atoms with van der Waals surface area (Å²) in [7, 11) is 2.21. The van der Waals surface area contributed by atoms with Crippen molar-refractivity contribution in [1.82, 2.24) is 4.31 Å². The molecule has 1 N–H and O–H groups in total. The molecule has 0 aromatic heterocycles. The van der Waals surface area contributed by atoms with Crippen LogP contribution >= 0.6 is 0 Å². The second-order valence-electron chi connectivity index (χ2n) is 6.39. The third-order valence-corrected chi connectivity index (χ3v) is 5.74. The first-order valence-corrected chi connectivity index (χ1v) is 9.50. The number of carbonyl (C=O) groups excluding carboxylic acids is 1. The number of halogens is 3. The van der Waals surface area contributed by atoms with Crippen LogP contribution in [0.5, 0.6) is 0 Å². The topological polar surface area (TPSA) is 69.7 Å². The van der Waals surface area contributed by atoms with Gasteiger partial charge in [-0.1, -0.05) is 6.07 Å². The van der Waals surface area contributed by atoms with E-state index in [0.717, 1.165) is 16.4 Å². The Hall–Kier alpha value is -2.59. The van der Waals surface area contributed by atoms with E-state index in [1.165, 1.54) is 44.4 Å². The summed E-state index contributed by atoms with van der Waals surface area (Å²) in [5.74, 6) is -0.724. The molecule has 0 heterocycles. The van der Waals surface area contributed by atoms with Gasteiger partial charge in [-0.2, -0.15) is 13.2 Å². The molecule has 152 valence electrons. The number of anilines is 2. The third kappa shape index (κ3) is 4.63. The SMILES string of the molecule is CN(C)c1ccc(C(F)(F)F)cc1NC(=O)c1cccc(S(=O)(=O)N(C)C)c1. The van der Waals surface area contributed by atoms with Crippen LogP contribution in [0.1, 0.15) is 15.9 Å². The van der Waals surface area contributed by atoms with E-state index in [1.807, 2.05) is 0 Å². The highest BCUT2D eigenvalue weighted by atomic mass is 32.2. The number of benzene rings is 2. The largest absolute Gasteiger partial charge is 0.416 e. The number of hydrogen-bond donors (Lipinski definition) is 1. The summed E-state index contributed by atoms with van der Waals surface area (Å²) in [6.07, 6.45) is -4.57. The van der Waals surface area contributed by atoms with Crippen molar-refractivity contribution < 1.29 is 26.4 Å². The molecule has 0 aliphatic rings. The Kier molecular flexibility index (Phi) is 6.05.